The number of carbonyl (C=O) groups excluding carboxylic acids is 1. The van der Waals surface area contributed by atoms with Gasteiger partial charge in [-0.25, -0.2) is 4.98 Å². The van der Waals surface area contributed by atoms with Gasteiger partial charge >= 0.3 is 0 Å². The summed E-state index contributed by atoms with van der Waals surface area (Å²) in [5.74, 6) is 0.0357. The van der Waals surface area contributed by atoms with E-state index in [0.29, 0.717) is 6.04 Å². The summed E-state index contributed by atoms with van der Waals surface area (Å²) in [7, 11) is 3.55. The van der Waals surface area contributed by atoms with E-state index in [1.54, 1.807) is 36.5 Å². The van der Waals surface area contributed by atoms with Crippen molar-refractivity contribution in [3.05, 3.63) is 32.7 Å². The standard InChI is InChI=1S/C15H20N4OS2/c1-18(2)15(20)13-8-17-14(22-13)12-5-3-4-6-19(12)9-11-7-16-10-21-11/h7-8,10,12H,3-6,9H2,1-2H3/t12-/m1/s1. The van der Waals surface area contributed by atoms with Crippen molar-refractivity contribution in [1.82, 2.24) is 19.8 Å². The van der Waals surface area contributed by atoms with Crippen LogP contribution < -0.4 is 0 Å². The van der Waals surface area contributed by atoms with Crippen molar-refractivity contribution in [3.8, 4) is 0 Å². The highest BCUT2D eigenvalue weighted by molar-refractivity contribution is 7.13. The van der Waals surface area contributed by atoms with Crippen LogP contribution in [0.25, 0.3) is 0 Å². The van der Waals surface area contributed by atoms with Crippen LogP contribution in [-0.2, 0) is 6.54 Å². The molecule has 0 radical (unpaired) electrons. The molecule has 0 aliphatic carbocycles. The number of amides is 1. The van der Waals surface area contributed by atoms with Gasteiger partial charge < -0.3 is 4.90 Å². The maximum atomic E-state index is 12.1. The third-order valence-electron chi connectivity index (χ3n) is 3.88. The molecule has 0 saturated carbocycles. The van der Waals surface area contributed by atoms with Crippen molar-refractivity contribution in [3.63, 3.8) is 0 Å². The summed E-state index contributed by atoms with van der Waals surface area (Å²) in [6.07, 6.45) is 7.23. The first-order valence-corrected chi connectivity index (χ1v) is 9.13. The zero-order valence-corrected chi connectivity index (χ0v) is 14.5. The van der Waals surface area contributed by atoms with E-state index in [9.17, 15) is 4.79 Å². The highest BCUT2D eigenvalue weighted by Crippen LogP contribution is 2.34. The van der Waals surface area contributed by atoms with Crippen LogP contribution in [0.5, 0.6) is 0 Å². The second-order valence-electron chi connectivity index (χ2n) is 5.71. The molecule has 1 aliphatic heterocycles. The molecule has 0 aromatic carbocycles. The molecule has 1 saturated heterocycles. The zero-order valence-electron chi connectivity index (χ0n) is 12.9. The van der Waals surface area contributed by atoms with Crippen LogP contribution in [0.15, 0.2) is 17.9 Å². The number of likely N-dealkylation sites (tertiary alicyclic amines) is 1. The van der Waals surface area contributed by atoms with Crippen LogP contribution in [-0.4, -0.2) is 46.3 Å². The van der Waals surface area contributed by atoms with Gasteiger partial charge in [-0.1, -0.05) is 6.42 Å². The van der Waals surface area contributed by atoms with E-state index in [-0.39, 0.29) is 5.91 Å². The molecule has 22 heavy (non-hydrogen) atoms. The topological polar surface area (TPSA) is 49.3 Å². The Morgan fingerprint density at radius 3 is 3.00 bits per heavy atom. The summed E-state index contributed by atoms with van der Waals surface area (Å²) < 4.78 is 0. The Hall–Kier alpha value is -1.31. The van der Waals surface area contributed by atoms with Crippen molar-refractivity contribution in [1.29, 1.82) is 0 Å². The minimum Gasteiger partial charge on any atom is -0.344 e. The smallest absolute Gasteiger partial charge is 0.265 e. The van der Waals surface area contributed by atoms with Gasteiger partial charge in [0.1, 0.15) is 9.88 Å². The lowest BCUT2D eigenvalue weighted by Gasteiger charge is -2.34. The fraction of sp³-hybridized carbons (Fsp3) is 0.533. The fourth-order valence-corrected chi connectivity index (χ4v) is 4.47. The third-order valence-corrected chi connectivity index (χ3v) is 5.73. The molecule has 0 unspecified atom stereocenters. The predicted molar refractivity (Wildman–Crippen MR) is 89.2 cm³/mol. The van der Waals surface area contributed by atoms with Crippen molar-refractivity contribution in [2.75, 3.05) is 20.6 Å². The first kappa shape index (κ1) is 15.6. The van der Waals surface area contributed by atoms with Gasteiger partial charge in [-0.3, -0.25) is 14.7 Å². The summed E-state index contributed by atoms with van der Waals surface area (Å²) in [6.45, 7) is 2.00. The fourth-order valence-electron chi connectivity index (χ4n) is 2.74. The molecular formula is C15H20N4OS2. The summed E-state index contributed by atoms with van der Waals surface area (Å²) >= 11 is 3.23. The second-order valence-corrected chi connectivity index (χ2v) is 7.75. The van der Waals surface area contributed by atoms with Crippen LogP contribution in [0.1, 0.15) is 44.9 Å². The number of hydrogen-bond donors (Lipinski definition) is 0. The lowest BCUT2D eigenvalue weighted by Crippen LogP contribution is -2.32. The van der Waals surface area contributed by atoms with E-state index in [2.05, 4.69) is 14.9 Å². The predicted octanol–water partition coefficient (Wildman–Crippen LogP) is 3.03. The molecule has 3 heterocycles. The monoisotopic (exact) mass is 336 g/mol. The SMILES string of the molecule is CN(C)C(=O)c1cnc([C@H]2CCCCN2Cc2cncs2)s1. The molecule has 0 bridgehead atoms. The van der Waals surface area contributed by atoms with Crippen LogP contribution >= 0.6 is 22.7 Å². The number of piperidine rings is 1. The van der Waals surface area contributed by atoms with Crippen molar-refractivity contribution >= 4 is 28.6 Å². The minimum absolute atomic E-state index is 0.0357. The summed E-state index contributed by atoms with van der Waals surface area (Å²) in [5.41, 5.74) is 1.88. The number of nitrogens with zero attached hydrogens (tertiary/aromatic N) is 4. The molecule has 118 valence electrons. The lowest BCUT2D eigenvalue weighted by atomic mass is 10.0. The quantitative estimate of drug-likeness (QED) is 0.861. The molecule has 2 aromatic rings. The minimum atomic E-state index is 0.0357. The first-order chi connectivity index (χ1) is 10.6. The van der Waals surface area contributed by atoms with Crippen molar-refractivity contribution < 1.29 is 4.79 Å². The van der Waals surface area contributed by atoms with Gasteiger partial charge in [0.05, 0.1) is 17.7 Å². The number of carbonyl (C=O) groups is 1. The van der Waals surface area contributed by atoms with E-state index in [4.69, 9.17) is 0 Å². The van der Waals surface area contributed by atoms with Gasteiger partial charge in [-0.05, 0) is 19.4 Å². The van der Waals surface area contributed by atoms with Gasteiger partial charge in [0, 0.05) is 31.7 Å². The first-order valence-electron chi connectivity index (χ1n) is 7.44. The maximum absolute atomic E-state index is 12.1. The summed E-state index contributed by atoms with van der Waals surface area (Å²) in [5, 5.41) is 1.06. The van der Waals surface area contributed by atoms with Crippen LogP contribution in [0.3, 0.4) is 0 Å². The summed E-state index contributed by atoms with van der Waals surface area (Å²) in [6, 6.07) is 0.324. The van der Waals surface area contributed by atoms with Crippen LogP contribution in [0, 0.1) is 0 Å². The molecule has 1 fully saturated rings. The zero-order chi connectivity index (χ0) is 15.5. The van der Waals surface area contributed by atoms with Gasteiger partial charge in [-0.2, -0.15) is 0 Å². The molecule has 3 rings (SSSR count). The average Bonchev–Trinajstić information content (AvgIpc) is 3.18. The Labute approximate surface area is 138 Å². The molecule has 1 amide bonds. The molecule has 2 aromatic heterocycles. The Bertz CT molecular complexity index is 623. The third kappa shape index (κ3) is 3.37. The second kappa shape index (κ2) is 6.85. The molecule has 0 spiro atoms. The van der Waals surface area contributed by atoms with E-state index in [1.165, 1.54) is 29.1 Å². The number of hydrogen-bond acceptors (Lipinski definition) is 6. The van der Waals surface area contributed by atoms with E-state index < -0.39 is 0 Å². The highest BCUT2D eigenvalue weighted by Gasteiger charge is 2.27. The normalized spacial score (nSPS) is 19.3. The Kier molecular flexibility index (Phi) is 4.85. The van der Waals surface area contributed by atoms with Crippen LogP contribution in [0.4, 0.5) is 0 Å². The molecule has 1 atom stereocenters. The van der Waals surface area contributed by atoms with Crippen LogP contribution in [0.2, 0.25) is 0 Å². The molecule has 1 aliphatic rings. The Morgan fingerprint density at radius 1 is 1.41 bits per heavy atom. The Morgan fingerprint density at radius 2 is 2.27 bits per heavy atom. The average molecular weight is 336 g/mol. The summed E-state index contributed by atoms with van der Waals surface area (Å²) in [4.78, 5) is 26.8. The highest BCUT2D eigenvalue weighted by atomic mass is 32.1. The maximum Gasteiger partial charge on any atom is 0.265 e. The van der Waals surface area contributed by atoms with Gasteiger partial charge in [0.2, 0.25) is 0 Å². The number of rotatable bonds is 4. The molecule has 7 heteroatoms. The van der Waals surface area contributed by atoms with Gasteiger partial charge in [0.25, 0.3) is 5.91 Å². The van der Waals surface area contributed by atoms with E-state index in [0.717, 1.165) is 29.4 Å². The largest absolute Gasteiger partial charge is 0.344 e. The molecule has 0 N–H and O–H groups in total. The van der Waals surface area contributed by atoms with E-state index in [1.807, 2.05) is 11.7 Å². The Balaban J connectivity index is 1.77. The van der Waals surface area contributed by atoms with Crippen molar-refractivity contribution in [2.24, 2.45) is 0 Å². The molecule has 5 nitrogen and oxygen atoms in total. The van der Waals surface area contributed by atoms with Gasteiger partial charge in [-0.15, -0.1) is 22.7 Å². The van der Waals surface area contributed by atoms with Gasteiger partial charge in [0.15, 0.2) is 0 Å². The lowest BCUT2D eigenvalue weighted by molar-refractivity contribution is 0.0832. The van der Waals surface area contributed by atoms with Crippen molar-refractivity contribution in [2.45, 2.75) is 31.8 Å². The number of thiazole rings is 2. The van der Waals surface area contributed by atoms with E-state index >= 15 is 0 Å². The number of aromatic nitrogens is 2. The molecular weight excluding hydrogens is 316 g/mol.